The van der Waals surface area contributed by atoms with Crippen molar-refractivity contribution in [2.75, 3.05) is 11.9 Å². The van der Waals surface area contributed by atoms with Gasteiger partial charge in [0.25, 0.3) is 5.91 Å². The van der Waals surface area contributed by atoms with Gasteiger partial charge in [0, 0.05) is 17.8 Å². The molecule has 2 N–H and O–H groups in total. The Hall–Kier alpha value is -2.93. The maximum Gasteiger partial charge on any atom is 0.260 e. The van der Waals surface area contributed by atoms with Gasteiger partial charge in [-0.3, -0.25) is 14.9 Å². The molecule has 0 bridgehead atoms. The summed E-state index contributed by atoms with van der Waals surface area (Å²) in [6.07, 6.45) is 2.60. The predicted octanol–water partition coefficient (Wildman–Crippen LogP) is 4.15. The molecule has 0 spiro atoms. The molecule has 0 fully saturated rings. The number of rotatable bonds is 8. The van der Waals surface area contributed by atoms with E-state index in [9.17, 15) is 9.59 Å². The van der Waals surface area contributed by atoms with E-state index in [2.05, 4.69) is 34.7 Å². The van der Waals surface area contributed by atoms with Crippen molar-refractivity contribution in [3.05, 3.63) is 70.6 Å². The minimum atomic E-state index is -0.273. The van der Waals surface area contributed by atoms with Crippen LogP contribution in [0.25, 0.3) is 0 Å². The summed E-state index contributed by atoms with van der Waals surface area (Å²) in [5.74, 6) is 0.486. The molecule has 0 saturated heterocycles. The van der Waals surface area contributed by atoms with E-state index in [1.807, 2.05) is 18.2 Å². The summed E-state index contributed by atoms with van der Waals surface area (Å²) in [7, 11) is 0. The van der Waals surface area contributed by atoms with Crippen molar-refractivity contribution >= 4 is 28.3 Å². The lowest BCUT2D eigenvalue weighted by molar-refractivity contribution is -0.120. The van der Waals surface area contributed by atoms with E-state index < -0.39 is 0 Å². The Morgan fingerprint density at radius 3 is 2.68 bits per heavy atom. The molecule has 2 heterocycles. The highest BCUT2D eigenvalue weighted by Crippen LogP contribution is 2.20. The second-order valence-electron chi connectivity index (χ2n) is 6.49. The number of amides is 2. The van der Waals surface area contributed by atoms with Gasteiger partial charge in [0.15, 0.2) is 5.13 Å². The third kappa shape index (κ3) is 5.07. The molecule has 0 aliphatic carbocycles. The van der Waals surface area contributed by atoms with Crippen LogP contribution >= 0.6 is 11.3 Å². The van der Waals surface area contributed by atoms with E-state index in [1.165, 1.54) is 23.2 Å². The lowest BCUT2D eigenvalue weighted by Crippen LogP contribution is -2.29. The molecule has 2 amide bonds. The normalized spacial score (nSPS) is 11.8. The van der Waals surface area contributed by atoms with Gasteiger partial charge in [-0.15, -0.1) is 11.3 Å². The van der Waals surface area contributed by atoms with Crippen molar-refractivity contribution in [1.29, 1.82) is 0 Å². The largest absolute Gasteiger partial charge is 0.469 e. The van der Waals surface area contributed by atoms with Gasteiger partial charge in [-0.25, -0.2) is 4.98 Å². The molecule has 1 atom stereocenters. The molecule has 146 valence electrons. The lowest BCUT2D eigenvalue weighted by atomic mass is 9.96. The summed E-state index contributed by atoms with van der Waals surface area (Å²) in [6.45, 7) is 4.43. The Kier molecular flexibility index (Phi) is 6.60. The number of benzene rings is 1. The molecule has 3 aromatic rings. The van der Waals surface area contributed by atoms with Gasteiger partial charge in [0.05, 0.1) is 23.9 Å². The standard InChI is InChI=1S/C21H23N3O3S/c1-3-15(16-7-5-4-6-8-16)12-22-19(25)11-17-13-28-21(23-17)24-20(26)18-9-10-27-14(18)2/h4-10,13,15H,3,11-12H2,1-2H3,(H,22,25)(H,23,24,26). The zero-order valence-corrected chi connectivity index (χ0v) is 16.7. The van der Waals surface area contributed by atoms with E-state index in [1.54, 1.807) is 18.4 Å². The number of hydrogen-bond acceptors (Lipinski definition) is 5. The van der Waals surface area contributed by atoms with Gasteiger partial charge in [0.1, 0.15) is 5.76 Å². The van der Waals surface area contributed by atoms with Gasteiger partial charge >= 0.3 is 0 Å². The maximum atomic E-state index is 12.3. The highest BCUT2D eigenvalue weighted by atomic mass is 32.1. The van der Waals surface area contributed by atoms with Crippen LogP contribution < -0.4 is 10.6 Å². The van der Waals surface area contributed by atoms with Gasteiger partial charge in [-0.05, 0) is 25.0 Å². The first-order chi connectivity index (χ1) is 13.6. The summed E-state index contributed by atoms with van der Waals surface area (Å²) >= 11 is 1.30. The SMILES string of the molecule is CCC(CNC(=O)Cc1csc(NC(=O)c2ccoc2C)n1)c1ccccc1. The monoisotopic (exact) mass is 397 g/mol. The zero-order valence-electron chi connectivity index (χ0n) is 15.9. The fourth-order valence-corrected chi connectivity index (χ4v) is 3.62. The van der Waals surface area contributed by atoms with Crippen molar-refractivity contribution in [2.45, 2.75) is 32.6 Å². The van der Waals surface area contributed by atoms with E-state index in [0.29, 0.717) is 28.7 Å². The molecule has 3 rings (SSSR count). The van der Waals surface area contributed by atoms with Crippen molar-refractivity contribution in [3.63, 3.8) is 0 Å². The average Bonchev–Trinajstić information content (AvgIpc) is 3.31. The molecule has 7 heteroatoms. The van der Waals surface area contributed by atoms with Crippen LogP contribution in [0.3, 0.4) is 0 Å². The number of hydrogen-bond donors (Lipinski definition) is 2. The zero-order chi connectivity index (χ0) is 19.9. The Morgan fingerprint density at radius 2 is 2.00 bits per heavy atom. The second kappa shape index (κ2) is 9.32. The molecule has 0 aliphatic heterocycles. The second-order valence-corrected chi connectivity index (χ2v) is 7.34. The number of carbonyl (C=O) groups is 2. The van der Waals surface area contributed by atoms with Gasteiger partial charge in [-0.1, -0.05) is 37.3 Å². The first-order valence-electron chi connectivity index (χ1n) is 9.18. The van der Waals surface area contributed by atoms with Crippen LogP contribution in [0.4, 0.5) is 5.13 Å². The minimum Gasteiger partial charge on any atom is -0.469 e. The summed E-state index contributed by atoms with van der Waals surface area (Å²) in [4.78, 5) is 28.8. The molecular weight excluding hydrogens is 374 g/mol. The third-order valence-corrected chi connectivity index (χ3v) is 5.33. The number of furan rings is 1. The molecule has 0 radical (unpaired) electrons. The fourth-order valence-electron chi connectivity index (χ4n) is 2.92. The Morgan fingerprint density at radius 1 is 1.21 bits per heavy atom. The van der Waals surface area contributed by atoms with Crippen LogP contribution in [-0.2, 0) is 11.2 Å². The average molecular weight is 398 g/mol. The van der Waals surface area contributed by atoms with Crippen molar-refractivity contribution < 1.29 is 14.0 Å². The summed E-state index contributed by atoms with van der Waals surface area (Å²) in [5, 5.41) is 7.97. The first-order valence-corrected chi connectivity index (χ1v) is 10.1. The minimum absolute atomic E-state index is 0.0803. The number of anilines is 1. The first kappa shape index (κ1) is 19.8. The number of nitrogens with one attached hydrogen (secondary N) is 2. The smallest absolute Gasteiger partial charge is 0.260 e. The Balaban J connectivity index is 1.51. The topological polar surface area (TPSA) is 84.2 Å². The van der Waals surface area contributed by atoms with Crippen LogP contribution in [0.5, 0.6) is 0 Å². The van der Waals surface area contributed by atoms with Crippen molar-refractivity contribution in [1.82, 2.24) is 10.3 Å². The molecule has 28 heavy (non-hydrogen) atoms. The molecular formula is C21H23N3O3S. The lowest BCUT2D eigenvalue weighted by Gasteiger charge is -2.16. The van der Waals surface area contributed by atoms with Crippen molar-refractivity contribution in [3.8, 4) is 0 Å². The summed E-state index contributed by atoms with van der Waals surface area (Å²) < 4.78 is 5.14. The number of carbonyl (C=O) groups excluding carboxylic acids is 2. The molecule has 2 aromatic heterocycles. The Bertz CT molecular complexity index is 933. The number of aryl methyl sites for hydroxylation is 1. The van der Waals surface area contributed by atoms with E-state index in [0.717, 1.165) is 6.42 Å². The predicted molar refractivity (Wildman–Crippen MR) is 110 cm³/mol. The number of thiazole rings is 1. The van der Waals surface area contributed by atoms with E-state index in [4.69, 9.17) is 4.42 Å². The van der Waals surface area contributed by atoms with Crippen molar-refractivity contribution in [2.24, 2.45) is 0 Å². The van der Waals surface area contributed by atoms with Crippen LogP contribution in [-0.4, -0.2) is 23.3 Å². The quantitative estimate of drug-likeness (QED) is 0.598. The molecule has 6 nitrogen and oxygen atoms in total. The third-order valence-electron chi connectivity index (χ3n) is 4.53. The summed E-state index contributed by atoms with van der Waals surface area (Å²) in [6, 6.07) is 11.8. The van der Waals surface area contributed by atoms with Gasteiger partial charge < -0.3 is 9.73 Å². The highest BCUT2D eigenvalue weighted by Gasteiger charge is 2.15. The van der Waals surface area contributed by atoms with E-state index in [-0.39, 0.29) is 24.2 Å². The Labute approximate surface area is 168 Å². The van der Waals surface area contributed by atoms with Gasteiger partial charge in [-0.2, -0.15) is 0 Å². The van der Waals surface area contributed by atoms with Crippen LogP contribution in [0, 0.1) is 6.92 Å². The number of aromatic nitrogens is 1. The molecule has 0 aliphatic rings. The molecule has 1 aromatic carbocycles. The highest BCUT2D eigenvalue weighted by molar-refractivity contribution is 7.14. The fraction of sp³-hybridized carbons (Fsp3) is 0.286. The summed E-state index contributed by atoms with van der Waals surface area (Å²) in [5.41, 5.74) is 2.33. The van der Waals surface area contributed by atoms with Crippen LogP contribution in [0.2, 0.25) is 0 Å². The maximum absolute atomic E-state index is 12.3. The van der Waals surface area contributed by atoms with E-state index >= 15 is 0 Å². The number of nitrogens with zero attached hydrogens (tertiary/aromatic N) is 1. The van der Waals surface area contributed by atoms with Crippen LogP contribution in [0.1, 0.15) is 46.6 Å². The van der Waals surface area contributed by atoms with Crippen LogP contribution in [0.15, 0.2) is 52.5 Å². The van der Waals surface area contributed by atoms with Gasteiger partial charge in [0.2, 0.25) is 5.91 Å². The molecule has 1 unspecified atom stereocenters. The molecule has 0 saturated carbocycles.